The monoisotopic (exact) mass is 120 g/mol. The van der Waals surface area contributed by atoms with Gasteiger partial charge in [-0.25, -0.2) is 10.2 Å². The van der Waals surface area contributed by atoms with Crippen molar-refractivity contribution < 1.29 is 20.4 Å². The Bertz CT molecular complexity index is 44.0. The maximum absolute atomic E-state index is 9.74. The summed E-state index contributed by atoms with van der Waals surface area (Å²) in [5.74, 6) is 0. The molecule has 0 aromatic rings. The zero-order valence-electron chi connectivity index (χ0n) is 4.28. The third-order valence-electron chi connectivity index (χ3n) is 0.661. The summed E-state index contributed by atoms with van der Waals surface area (Å²) in [6, 6.07) is 0. The third-order valence-corrected chi connectivity index (χ3v) is 0.661. The van der Waals surface area contributed by atoms with Crippen LogP contribution in [0.3, 0.4) is 0 Å². The lowest BCUT2D eigenvalue weighted by atomic mass is 10.3. The number of hydrogen-bond donors (Lipinski definition) is 2. The number of hydrogen-bond acceptors (Lipinski definition) is 2. The lowest BCUT2D eigenvalue weighted by molar-refractivity contribution is -0.136. The fourth-order valence-corrected chi connectivity index (χ4v) is 0.285. The first-order chi connectivity index (χ1) is 3.63. The number of rotatable bonds is 3. The van der Waals surface area contributed by atoms with E-state index in [2.05, 4.69) is 0 Å². The largest absolute Gasteiger partial charge is 0.366 e. The van der Waals surface area contributed by atoms with Crippen LogP contribution >= 0.6 is 0 Å². The highest BCUT2D eigenvalue weighted by Crippen LogP contribution is 1.96. The fraction of sp³-hybridized carbons (Fsp3) is 1.00. The van der Waals surface area contributed by atoms with Gasteiger partial charge in [0.1, 0.15) is 0 Å². The zero-order valence-corrected chi connectivity index (χ0v) is 4.28. The average molecular weight is 120 g/mol. The summed E-state index contributed by atoms with van der Waals surface area (Å²) < 4.78 is 0. The standard InChI is InChI=1S/C4H8O4/c5-3(6)1-2-4(7)8/h3-5,7H,1-2H2. The smallest absolute Gasteiger partial charge is 0.188 e. The predicted molar refractivity (Wildman–Crippen MR) is 22.6 cm³/mol. The molecule has 0 bridgehead atoms. The van der Waals surface area contributed by atoms with Gasteiger partial charge in [0.15, 0.2) is 12.6 Å². The summed E-state index contributed by atoms with van der Waals surface area (Å²) in [5.41, 5.74) is 0. The van der Waals surface area contributed by atoms with Crippen molar-refractivity contribution in [3.63, 3.8) is 0 Å². The molecule has 2 radical (unpaired) electrons. The maximum Gasteiger partial charge on any atom is 0.188 e. The first-order valence-corrected chi connectivity index (χ1v) is 2.30. The third kappa shape index (κ3) is 5.84. The Morgan fingerprint density at radius 1 is 1.00 bits per heavy atom. The molecule has 2 unspecified atom stereocenters. The van der Waals surface area contributed by atoms with E-state index < -0.39 is 12.6 Å². The molecular formula is C4H8O4. The van der Waals surface area contributed by atoms with E-state index in [1.54, 1.807) is 0 Å². The molecule has 0 aliphatic heterocycles. The summed E-state index contributed by atoms with van der Waals surface area (Å²) in [4.78, 5) is 0. The van der Waals surface area contributed by atoms with Gasteiger partial charge in [0.05, 0.1) is 0 Å². The van der Waals surface area contributed by atoms with Crippen LogP contribution in [0.15, 0.2) is 0 Å². The normalized spacial score (nSPS) is 11.2. The van der Waals surface area contributed by atoms with Crippen LogP contribution in [0.4, 0.5) is 0 Å². The van der Waals surface area contributed by atoms with Crippen molar-refractivity contribution in [1.29, 1.82) is 0 Å². The molecule has 4 heteroatoms. The molecule has 0 amide bonds. The molecule has 0 spiro atoms. The van der Waals surface area contributed by atoms with Gasteiger partial charge in [0.2, 0.25) is 0 Å². The van der Waals surface area contributed by atoms with Crippen LogP contribution < -0.4 is 0 Å². The Kier molecular flexibility index (Phi) is 3.72. The van der Waals surface area contributed by atoms with Crippen molar-refractivity contribution in [2.24, 2.45) is 0 Å². The molecule has 0 aromatic heterocycles. The minimum atomic E-state index is -1.72. The topological polar surface area (TPSA) is 80.3 Å². The maximum atomic E-state index is 9.74. The van der Waals surface area contributed by atoms with Crippen LogP contribution in [-0.4, -0.2) is 22.8 Å². The van der Waals surface area contributed by atoms with Gasteiger partial charge in [-0.3, -0.25) is 0 Å². The summed E-state index contributed by atoms with van der Waals surface area (Å²) in [6.45, 7) is 0. The molecule has 0 saturated carbocycles. The average Bonchev–Trinajstić information content (AvgIpc) is 1.61. The first kappa shape index (κ1) is 7.84. The molecule has 0 aliphatic carbocycles. The minimum Gasteiger partial charge on any atom is -0.366 e. The molecule has 0 aromatic carbocycles. The van der Waals surface area contributed by atoms with Gasteiger partial charge in [-0.1, -0.05) is 0 Å². The highest BCUT2D eigenvalue weighted by Gasteiger charge is 2.03. The van der Waals surface area contributed by atoms with Crippen LogP contribution in [0.5, 0.6) is 0 Å². The molecule has 2 atom stereocenters. The van der Waals surface area contributed by atoms with Crippen molar-refractivity contribution in [1.82, 2.24) is 0 Å². The van der Waals surface area contributed by atoms with E-state index in [1.165, 1.54) is 0 Å². The van der Waals surface area contributed by atoms with Gasteiger partial charge in [0.25, 0.3) is 0 Å². The van der Waals surface area contributed by atoms with E-state index >= 15 is 0 Å². The Labute approximate surface area is 47.0 Å². The second-order valence-corrected chi connectivity index (χ2v) is 1.49. The Morgan fingerprint density at radius 3 is 1.38 bits per heavy atom. The SMILES string of the molecule is [O]C(O)CCC([O])O. The summed E-state index contributed by atoms with van der Waals surface area (Å²) in [6.07, 6.45) is -3.80. The van der Waals surface area contributed by atoms with Gasteiger partial charge in [-0.05, 0) is 0 Å². The van der Waals surface area contributed by atoms with Crippen LogP contribution in [0, 0.1) is 0 Å². The Morgan fingerprint density at radius 2 is 1.25 bits per heavy atom. The van der Waals surface area contributed by atoms with E-state index in [-0.39, 0.29) is 12.8 Å². The summed E-state index contributed by atoms with van der Waals surface area (Å²) in [5, 5.41) is 35.5. The Balaban J connectivity index is 2.93. The first-order valence-electron chi connectivity index (χ1n) is 2.30. The van der Waals surface area contributed by atoms with Crippen molar-refractivity contribution >= 4 is 0 Å². The van der Waals surface area contributed by atoms with Gasteiger partial charge in [-0.15, -0.1) is 0 Å². The van der Waals surface area contributed by atoms with E-state index in [4.69, 9.17) is 10.2 Å². The molecular weight excluding hydrogens is 112 g/mol. The van der Waals surface area contributed by atoms with Crippen molar-refractivity contribution in [3.05, 3.63) is 0 Å². The number of aliphatic hydroxyl groups is 2. The quantitative estimate of drug-likeness (QED) is 0.481. The molecule has 0 rings (SSSR count). The van der Waals surface area contributed by atoms with Crippen LogP contribution in [0.2, 0.25) is 0 Å². The summed E-state index contributed by atoms with van der Waals surface area (Å²) in [7, 11) is 0. The minimum absolute atomic E-state index is 0.176. The molecule has 2 N–H and O–H groups in total. The highest BCUT2D eigenvalue weighted by atomic mass is 16.5. The van der Waals surface area contributed by atoms with Gasteiger partial charge in [0, 0.05) is 12.8 Å². The van der Waals surface area contributed by atoms with Gasteiger partial charge >= 0.3 is 0 Å². The lowest BCUT2D eigenvalue weighted by Crippen LogP contribution is -2.08. The molecule has 0 aliphatic rings. The number of aliphatic hydroxyl groups excluding tert-OH is 2. The van der Waals surface area contributed by atoms with Crippen molar-refractivity contribution in [2.75, 3.05) is 0 Å². The van der Waals surface area contributed by atoms with Crippen molar-refractivity contribution in [2.45, 2.75) is 25.4 Å². The molecule has 4 nitrogen and oxygen atoms in total. The van der Waals surface area contributed by atoms with E-state index in [0.29, 0.717) is 0 Å². The second kappa shape index (κ2) is 3.80. The van der Waals surface area contributed by atoms with Gasteiger partial charge < -0.3 is 10.2 Å². The molecule has 0 heterocycles. The van der Waals surface area contributed by atoms with Crippen LogP contribution in [-0.2, 0) is 10.2 Å². The van der Waals surface area contributed by atoms with Crippen molar-refractivity contribution in [3.8, 4) is 0 Å². The molecule has 0 saturated heterocycles. The second-order valence-electron chi connectivity index (χ2n) is 1.49. The van der Waals surface area contributed by atoms with E-state index in [0.717, 1.165) is 0 Å². The molecule has 0 fully saturated rings. The molecule has 8 heavy (non-hydrogen) atoms. The van der Waals surface area contributed by atoms with Crippen LogP contribution in [0.25, 0.3) is 0 Å². The van der Waals surface area contributed by atoms with E-state index in [1.807, 2.05) is 0 Å². The highest BCUT2D eigenvalue weighted by molar-refractivity contribution is 4.40. The van der Waals surface area contributed by atoms with E-state index in [9.17, 15) is 10.2 Å². The fourth-order valence-electron chi connectivity index (χ4n) is 0.285. The lowest BCUT2D eigenvalue weighted by Gasteiger charge is -1.99. The summed E-state index contributed by atoms with van der Waals surface area (Å²) >= 11 is 0. The predicted octanol–water partition coefficient (Wildman–Crippen LogP) is -0.736. The zero-order chi connectivity index (χ0) is 6.57. The van der Waals surface area contributed by atoms with Gasteiger partial charge in [-0.2, -0.15) is 0 Å². The molecule has 48 valence electrons. The van der Waals surface area contributed by atoms with Crippen LogP contribution in [0.1, 0.15) is 12.8 Å². The Hall–Kier alpha value is -0.160.